The number of halogens is 1. The molecule has 22 heavy (non-hydrogen) atoms. The van der Waals surface area contributed by atoms with Crippen LogP contribution in [0.3, 0.4) is 0 Å². The number of amides is 1. The van der Waals surface area contributed by atoms with E-state index >= 15 is 0 Å². The van der Waals surface area contributed by atoms with E-state index in [9.17, 15) is 4.79 Å². The molecule has 1 unspecified atom stereocenters. The number of benzene rings is 1. The van der Waals surface area contributed by atoms with Gasteiger partial charge in [0.1, 0.15) is 11.5 Å². The van der Waals surface area contributed by atoms with Crippen LogP contribution in [0.1, 0.15) is 29.6 Å². The summed E-state index contributed by atoms with van der Waals surface area (Å²) in [7, 11) is 3.17. The van der Waals surface area contributed by atoms with Gasteiger partial charge in [0, 0.05) is 13.1 Å². The molecule has 5 nitrogen and oxygen atoms in total. The number of hydrogen-bond donors (Lipinski definition) is 1. The van der Waals surface area contributed by atoms with E-state index in [1.807, 2.05) is 4.90 Å². The van der Waals surface area contributed by atoms with Crippen LogP contribution >= 0.6 is 12.4 Å². The highest BCUT2D eigenvalue weighted by Gasteiger charge is 2.26. The quantitative estimate of drug-likeness (QED) is 0.901. The van der Waals surface area contributed by atoms with Gasteiger partial charge in [-0.2, -0.15) is 0 Å². The Balaban J connectivity index is 0.00000242. The summed E-state index contributed by atoms with van der Waals surface area (Å²) in [5.74, 6) is 1.76. The van der Waals surface area contributed by atoms with Gasteiger partial charge in [0.25, 0.3) is 5.91 Å². The minimum Gasteiger partial charge on any atom is -0.497 e. The number of likely N-dealkylation sites (tertiary alicyclic amines) is 1. The third-order valence-electron chi connectivity index (χ3n) is 4.02. The van der Waals surface area contributed by atoms with Crippen molar-refractivity contribution in [2.24, 2.45) is 11.7 Å². The van der Waals surface area contributed by atoms with Gasteiger partial charge < -0.3 is 20.1 Å². The lowest BCUT2D eigenvalue weighted by molar-refractivity contribution is 0.0666. The average molecular weight is 329 g/mol. The number of rotatable bonds is 5. The molecule has 0 radical (unpaired) electrons. The molecule has 1 aromatic carbocycles. The monoisotopic (exact) mass is 328 g/mol. The van der Waals surface area contributed by atoms with Crippen molar-refractivity contribution in [2.45, 2.75) is 19.3 Å². The van der Waals surface area contributed by atoms with Crippen LogP contribution in [0.25, 0.3) is 0 Å². The van der Waals surface area contributed by atoms with Gasteiger partial charge in [-0.15, -0.1) is 12.4 Å². The summed E-state index contributed by atoms with van der Waals surface area (Å²) < 4.78 is 10.5. The lowest BCUT2D eigenvalue weighted by atomic mass is 9.94. The Morgan fingerprint density at radius 2 is 2.14 bits per heavy atom. The summed E-state index contributed by atoms with van der Waals surface area (Å²) in [6.07, 6.45) is 3.15. The fraction of sp³-hybridized carbons (Fsp3) is 0.562. The average Bonchev–Trinajstić information content (AvgIpc) is 2.54. The highest BCUT2D eigenvalue weighted by molar-refractivity contribution is 5.97. The molecular formula is C16H25ClN2O3. The number of carbonyl (C=O) groups excluding carboxylic acids is 1. The van der Waals surface area contributed by atoms with E-state index in [2.05, 4.69) is 0 Å². The number of carbonyl (C=O) groups is 1. The van der Waals surface area contributed by atoms with Gasteiger partial charge in [0.15, 0.2) is 0 Å². The summed E-state index contributed by atoms with van der Waals surface area (Å²) >= 11 is 0. The summed E-state index contributed by atoms with van der Waals surface area (Å²) in [4.78, 5) is 14.7. The molecule has 0 spiro atoms. The lowest BCUT2D eigenvalue weighted by Gasteiger charge is -2.33. The van der Waals surface area contributed by atoms with Crippen LogP contribution in [0, 0.1) is 5.92 Å². The second-order valence-electron chi connectivity index (χ2n) is 5.40. The van der Waals surface area contributed by atoms with E-state index < -0.39 is 0 Å². The molecule has 1 fully saturated rings. The van der Waals surface area contributed by atoms with Gasteiger partial charge in [0.2, 0.25) is 0 Å². The van der Waals surface area contributed by atoms with E-state index in [4.69, 9.17) is 15.2 Å². The Morgan fingerprint density at radius 1 is 1.36 bits per heavy atom. The van der Waals surface area contributed by atoms with Crippen molar-refractivity contribution in [1.82, 2.24) is 4.90 Å². The standard InChI is InChI=1S/C16H24N2O3.ClH/c1-20-13-5-6-15(21-2)14(10-13)16(19)18-9-3-4-12(11-18)7-8-17;/h5-6,10,12H,3-4,7-9,11,17H2,1-2H3;1H. The van der Waals surface area contributed by atoms with Gasteiger partial charge in [-0.3, -0.25) is 4.79 Å². The van der Waals surface area contributed by atoms with E-state index in [0.29, 0.717) is 29.5 Å². The summed E-state index contributed by atoms with van der Waals surface area (Å²) in [6, 6.07) is 5.31. The first kappa shape index (κ1) is 18.6. The number of nitrogens with two attached hydrogens (primary N) is 1. The third kappa shape index (κ3) is 4.27. The van der Waals surface area contributed by atoms with Gasteiger partial charge in [-0.05, 0) is 49.9 Å². The molecule has 1 amide bonds. The van der Waals surface area contributed by atoms with Gasteiger partial charge in [-0.1, -0.05) is 0 Å². The highest BCUT2D eigenvalue weighted by Crippen LogP contribution is 2.27. The molecular weight excluding hydrogens is 304 g/mol. The van der Waals surface area contributed by atoms with Crippen LogP contribution in [0.4, 0.5) is 0 Å². The normalized spacial score (nSPS) is 17.6. The molecule has 0 bridgehead atoms. The van der Waals surface area contributed by atoms with Crippen LogP contribution in [-0.4, -0.2) is 44.7 Å². The molecule has 0 aliphatic carbocycles. The molecule has 1 atom stereocenters. The van der Waals surface area contributed by atoms with Crippen molar-refractivity contribution in [3.05, 3.63) is 23.8 Å². The van der Waals surface area contributed by atoms with Gasteiger partial charge in [-0.25, -0.2) is 0 Å². The second-order valence-corrected chi connectivity index (χ2v) is 5.40. The second kappa shape index (κ2) is 8.86. The van der Waals surface area contributed by atoms with Crippen LogP contribution in [0.15, 0.2) is 18.2 Å². The van der Waals surface area contributed by atoms with Gasteiger partial charge in [0.05, 0.1) is 19.8 Å². The Hall–Kier alpha value is -1.46. The van der Waals surface area contributed by atoms with Crippen LogP contribution in [0.2, 0.25) is 0 Å². The Kier molecular flexibility index (Phi) is 7.48. The zero-order chi connectivity index (χ0) is 15.2. The molecule has 2 N–H and O–H groups in total. The first-order valence-corrected chi connectivity index (χ1v) is 7.41. The fourth-order valence-corrected chi connectivity index (χ4v) is 2.87. The zero-order valence-electron chi connectivity index (χ0n) is 13.2. The van der Waals surface area contributed by atoms with E-state index in [1.54, 1.807) is 32.4 Å². The van der Waals surface area contributed by atoms with Crippen LogP contribution in [-0.2, 0) is 0 Å². The van der Waals surface area contributed by atoms with Crippen molar-refractivity contribution in [3.63, 3.8) is 0 Å². The van der Waals surface area contributed by atoms with Gasteiger partial charge >= 0.3 is 0 Å². The fourth-order valence-electron chi connectivity index (χ4n) is 2.87. The predicted octanol–water partition coefficient (Wildman–Crippen LogP) is 2.33. The maximum Gasteiger partial charge on any atom is 0.257 e. The largest absolute Gasteiger partial charge is 0.497 e. The van der Waals surface area contributed by atoms with Crippen molar-refractivity contribution in [1.29, 1.82) is 0 Å². The Bertz CT molecular complexity index is 494. The third-order valence-corrected chi connectivity index (χ3v) is 4.02. The van der Waals surface area contributed by atoms with E-state index in [1.165, 1.54) is 0 Å². The smallest absolute Gasteiger partial charge is 0.257 e. The number of hydrogen-bond acceptors (Lipinski definition) is 4. The maximum atomic E-state index is 12.8. The van der Waals surface area contributed by atoms with Crippen molar-refractivity contribution in [3.8, 4) is 11.5 Å². The maximum absolute atomic E-state index is 12.8. The van der Waals surface area contributed by atoms with Crippen molar-refractivity contribution >= 4 is 18.3 Å². The number of methoxy groups -OCH3 is 2. The number of ether oxygens (including phenoxy) is 2. The molecule has 124 valence electrons. The summed E-state index contributed by atoms with van der Waals surface area (Å²) in [5.41, 5.74) is 6.20. The molecule has 1 aromatic rings. The summed E-state index contributed by atoms with van der Waals surface area (Å²) in [6.45, 7) is 2.24. The number of nitrogens with zero attached hydrogens (tertiary/aromatic N) is 1. The predicted molar refractivity (Wildman–Crippen MR) is 89.1 cm³/mol. The topological polar surface area (TPSA) is 64.8 Å². The SMILES string of the molecule is COc1ccc(OC)c(C(=O)N2CCCC(CCN)C2)c1.Cl. The molecule has 2 rings (SSSR count). The summed E-state index contributed by atoms with van der Waals surface area (Å²) in [5, 5.41) is 0. The minimum atomic E-state index is 0. The molecule has 1 aliphatic rings. The van der Waals surface area contributed by atoms with Crippen LogP contribution < -0.4 is 15.2 Å². The van der Waals surface area contributed by atoms with E-state index in [-0.39, 0.29) is 18.3 Å². The van der Waals surface area contributed by atoms with Crippen molar-refractivity contribution < 1.29 is 14.3 Å². The molecule has 6 heteroatoms. The molecule has 1 saturated heterocycles. The van der Waals surface area contributed by atoms with Crippen LogP contribution in [0.5, 0.6) is 11.5 Å². The minimum absolute atomic E-state index is 0. The number of piperidine rings is 1. The zero-order valence-corrected chi connectivity index (χ0v) is 14.0. The Labute approximate surface area is 138 Å². The first-order chi connectivity index (χ1) is 10.2. The molecule has 1 aliphatic heterocycles. The molecule has 0 saturated carbocycles. The highest BCUT2D eigenvalue weighted by atomic mass is 35.5. The van der Waals surface area contributed by atoms with Crippen molar-refractivity contribution in [2.75, 3.05) is 33.9 Å². The Morgan fingerprint density at radius 3 is 2.77 bits per heavy atom. The lowest BCUT2D eigenvalue weighted by Crippen LogP contribution is -2.40. The first-order valence-electron chi connectivity index (χ1n) is 7.41. The molecule has 0 aromatic heterocycles. The molecule has 1 heterocycles. The van der Waals surface area contributed by atoms with E-state index in [0.717, 1.165) is 32.4 Å².